The molecule has 4 atom stereocenters. The standard InChI is InChI=1S/C14H19N5O/c1-6-5-18-13(16)10(15)11(6)19-12-8-3-2-7(4-8)9(12)14(17)20/h2-3,5,7-9,12H,4,15H2,1H3,(H2,17,20)(H3,16,18,19)/t7-,8+,9+,12-/m1/s1. The van der Waals surface area contributed by atoms with Gasteiger partial charge in [-0.3, -0.25) is 4.79 Å². The lowest BCUT2D eigenvalue weighted by molar-refractivity contribution is -0.122. The second-order valence-electron chi connectivity index (χ2n) is 5.66. The smallest absolute Gasteiger partial charge is 0.223 e. The maximum Gasteiger partial charge on any atom is 0.223 e. The summed E-state index contributed by atoms with van der Waals surface area (Å²) in [6, 6.07) is -0.0229. The van der Waals surface area contributed by atoms with Crippen molar-refractivity contribution in [2.75, 3.05) is 16.8 Å². The Balaban J connectivity index is 1.93. The van der Waals surface area contributed by atoms with Gasteiger partial charge in [0, 0.05) is 12.2 Å². The van der Waals surface area contributed by atoms with E-state index in [0.717, 1.165) is 17.7 Å². The second kappa shape index (κ2) is 4.40. The minimum Gasteiger partial charge on any atom is -0.394 e. The van der Waals surface area contributed by atoms with Crippen molar-refractivity contribution >= 4 is 23.1 Å². The van der Waals surface area contributed by atoms with Gasteiger partial charge in [-0.25, -0.2) is 4.98 Å². The molecule has 0 saturated heterocycles. The third-order valence-electron chi connectivity index (χ3n) is 4.44. The number of nitrogens with one attached hydrogen (secondary N) is 1. The third kappa shape index (κ3) is 1.79. The number of carbonyl (C=O) groups is 1. The molecule has 1 aromatic heterocycles. The quantitative estimate of drug-likeness (QED) is 0.602. The molecule has 106 valence electrons. The van der Waals surface area contributed by atoms with Crippen LogP contribution in [0.2, 0.25) is 0 Å². The molecule has 3 rings (SSSR count). The average Bonchev–Trinajstić information content (AvgIpc) is 2.99. The molecule has 2 aliphatic rings. The Hall–Kier alpha value is -2.24. The number of aryl methyl sites for hydroxylation is 1. The first-order valence-corrected chi connectivity index (χ1v) is 6.73. The summed E-state index contributed by atoms with van der Waals surface area (Å²) in [5.41, 5.74) is 19.4. The number of carbonyl (C=O) groups excluding carboxylic acids is 1. The van der Waals surface area contributed by atoms with E-state index in [4.69, 9.17) is 17.2 Å². The van der Waals surface area contributed by atoms with E-state index in [-0.39, 0.29) is 23.8 Å². The van der Waals surface area contributed by atoms with Gasteiger partial charge in [-0.15, -0.1) is 0 Å². The Labute approximate surface area is 117 Å². The molecule has 2 bridgehead atoms. The van der Waals surface area contributed by atoms with Gasteiger partial charge in [0.1, 0.15) is 5.82 Å². The molecule has 1 amide bonds. The van der Waals surface area contributed by atoms with Crippen LogP contribution >= 0.6 is 0 Å². The summed E-state index contributed by atoms with van der Waals surface area (Å²) in [4.78, 5) is 15.7. The summed E-state index contributed by atoms with van der Waals surface area (Å²) in [6.45, 7) is 1.91. The second-order valence-corrected chi connectivity index (χ2v) is 5.66. The van der Waals surface area contributed by atoms with Crippen LogP contribution in [0.1, 0.15) is 12.0 Å². The van der Waals surface area contributed by atoms with E-state index in [2.05, 4.69) is 22.5 Å². The van der Waals surface area contributed by atoms with Crippen LogP contribution in [0, 0.1) is 24.7 Å². The normalized spacial score (nSPS) is 30.6. The summed E-state index contributed by atoms with van der Waals surface area (Å²) in [5.74, 6) is 0.379. The molecule has 0 unspecified atom stereocenters. The van der Waals surface area contributed by atoms with Gasteiger partial charge in [-0.05, 0) is 30.7 Å². The van der Waals surface area contributed by atoms with Gasteiger partial charge < -0.3 is 22.5 Å². The molecular weight excluding hydrogens is 254 g/mol. The zero-order valence-electron chi connectivity index (χ0n) is 11.3. The summed E-state index contributed by atoms with van der Waals surface area (Å²) >= 11 is 0. The lowest BCUT2D eigenvalue weighted by atomic mass is 9.88. The number of allylic oxidation sites excluding steroid dienone is 1. The summed E-state index contributed by atoms with van der Waals surface area (Å²) in [5, 5.41) is 3.38. The summed E-state index contributed by atoms with van der Waals surface area (Å²) in [7, 11) is 0. The van der Waals surface area contributed by atoms with Gasteiger partial charge in [-0.1, -0.05) is 12.2 Å². The molecule has 0 aromatic carbocycles. The van der Waals surface area contributed by atoms with Gasteiger partial charge in [0.15, 0.2) is 0 Å². The van der Waals surface area contributed by atoms with Gasteiger partial charge in [0.2, 0.25) is 5.91 Å². The van der Waals surface area contributed by atoms with Gasteiger partial charge >= 0.3 is 0 Å². The van der Waals surface area contributed by atoms with Gasteiger partial charge in [0.05, 0.1) is 17.3 Å². The summed E-state index contributed by atoms with van der Waals surface area (Å²) < 4.78 is 0. The number of primary amides is 1. The van der Waals surface area contributed by atoms with Crippen molar-refractivity contribution in [3.63, 3.8) is 0 Å². The van der Waals surface area contributed by atoms with Crippen molar-refractivity contribution in [1.82, 2.24) is 4.98 Å². The predicted molar refractivity (Wildman–Crippen MR) is 78.6 cm³/mol. The van der Waals surface area contributed by atoms with Crippen molar-refractivity contribution < 1.29 is 4.79 Å². The lowest BCUT2D eigenvalue weighted by Gasteiger charge is -2.28. The fraction of sp³-hybridized carbons (Fsp3) is 0.429. The number of anilines is 3. The molecule has 6 heteroatoms. The zero-order chi connectivity index (χ0) is 14.4. The molecule has 6 nitrogen and oxygen atoms in total. The average molecular weight is 273 g/mol. The van der Waals surface area contributed by atoms with Gasteiger partial charge in [0.25, 0.3) is 0 Å². The van der Waals surface area contributed by atoms with Crippen LogP contribution in [-0.2, 0) is 4.79 Å². The number of nitrogens with zero attached hydrogens (tertiary/aromatic N) is 1. The highest BCUT2D eigenvalue weighted by Crippen LogP contribution is 2.45. The monoisotopic (exact) mass is 273 g/mol. The van der Waals surface area contributed by atoms with Crippen LogP contribution in [0.25, 0.3) is 0 Å². The minimum atomic E-state index is -0.266. The fourth-order valence-corrected chi connectivity index (χ4v) is 3.41. The van der Waals surface area contributed by atoms with Crippen molar-refractivity contribution in [1.29, 1.82) is 0 Å². The van der Waals surface area contributed by atoms with Crippen molar-refractivity contribution in [2.45, 2.75) is 19.4 Å². The van der Waals surface area contributed by atoms with E-state index in [0.29, 0.717) is 17.4 Å². The number of nitrogen functional groups attached to an aromatic ring is 2. The fourth-order valence-electron chi connectivity index (χ4n) is 3.41. The molecule has 0 spiro atoms. The topological polar surface area (TPSA) is 120 Å². The Kier molecular flexibility index (Phi) is 2.81. The minimum absolute atomic E-state index is 0.0229. The number of hydrogen-bond donors (Lipinski definition) is 4. The van der Waals surface area contributed by atoms with Gasteiger partial charge in [-0.2, -0.15) is 0 Å². The Morgan fingerprint density at radius 2 is 2.05 bits per heavy atom. The number of fused-ring (bicyclic) bond motifs is 2. The number of pyridine rings is 1. The maximum absolute atomic E-state index is 11.7. The molecule has 2 aliphatic carbocycles. The first-order valence-electron chi connectivity index (χ1n) is 6.73. The molecule has 0 radical (unpaired) electrons. The number of aromatic nitrogens is 1. The molecule has 1 heterocycles. The third-order valence-corrected chi connectivity index (χ3v) is 4.44. The van der Waals surface area contributed by atoms with E-state index in [9.17, 15) is 4.79 Å². The molecule has 0 aliphatic heterocycles. The largest absolute Gasteiger partial charge is 0.394 e. The lowest BCUT2D eigenvalue weighted by Crippen LogP contribution is -2.41. The Morgan fingerprint density at radius 3 is 2.75 bits per heavy atom. The highest BCUT2D eigenvalue weighted by atomic mass is 16.1. The Bertz CT molecular complexity index is 597. The number of rotatable bonds is 3. The summed E-state index contributed by atoms with van der Waals surface area (Å²) in [6.07, 6.45) is 6.88. The van der Waals surface area contributed by atoms with Crippen molar-refractivity contribution in [2.24, 2.45) is 23.5 Å². The molecular formula is C14H19N5O. The van der Waals surface area contributed by atoms with E-state index >= 15 is 0 Å². The van der Waals surface area contributed by atoms with E-state index in [1.165, 1.54) is 0 Å². The number of hydrogen-bond acceptors (Lipinski definition) is 5. The highest BCUT2D eigenvalue weighted by molar-refractivity contribution is 5.82. The van der Waals surface area contributed by atoms with Crippen molar-refractivity contribution in [3.05, 3.63) is 23.9 Å². The molecule has 1 aromatic rings. The van der Waals surface area contributed by atoms with E-state index in [1.807, 2.05) is 6.92 Å². The van der Waals surface area contributed by atoms with E-state index < -0.39 is 0 Å². The van der Waals surface area contributed by atoms with Crippen molar-refractivity contribution in [3.8, 4) is 0 Å². The molecule has 20 heavy (non-hydrogen) atoms. The first-order chi connectivity index (χ1) is 9.49. The molecule has 7 N–H and O–H groups in total. The number of amides is 1. The van der Waals surface area contributed by atoms with Crippen LogP contribution in [0.4, 0.5) is 17.2 Å². The SMILES string of the molecule is Cc1cnc(N)c(N)c1N[C@H]1[C@@H](C(N)=O)[C@@H]2C=C[C@H]1C2. The van der Waals surface area contributed by atoms with Crippen LogP contribution in [0.15, 0.2) is 18.3 Å². The van der Waals surface area contributed by atoms with Crippen LogP contribution < -0.4 is 22.5 Å². The van der Waals surface area contributed by atoms with Crippen LogP contribution in [-0.4, -0.2) is 16.9 Å². The predicted octanol–water partition coefficient (Wildman–Crippen LogP) is 0.642. The number of nitrogens with two attached hydrogens (primary N) is 3. The molecule has 1 saturated carbocycles. The maximum atomic E-state index is 11.7. The highest BCUT2D eigenvalue weighted by Gasteiger charge is 2.47. The van der Waals surface area contributed by atoms with E-state index in [1.54, 1.807) is 6.20 Å². The Morgan fingerprint density at radius 1 is 1.35 bits per heavy atom. The zero-order valence-corrected chi connectivity index (χ0v) is 11.3. The van der Waals surface area contributed by atoms with Crippen LogP contribution in [0.3, 0.4) is 0 Å². The first kappa shape index (κ1) is 12.8. The van der Waals surface area contributed by atoms with Crippen LogP contribution in [0.5, 0.6) is 0 Å². The molecule has 1 fully saturated rings.